The second kappa shape index (κ2) is 5.09. The van der Waals surface area contributed by atoms with Crippen molar-refractivity contribution in [2.45, 2.75) is 33.0 Å². The maximum absolute atomic E-state index is 12.3. The number of carbonyl (C=O) groups is 1. The number of nitrogens with one attached hydrogen (secondary N) is 2. The van der Waals surface area contributed by atoms with Gasteiger partial charge in [0.05, 0.1) is 6.20 Å². The monoisotopic (exact) mass is 270 g/mol. The summed E-state index contributed by atoms with van der Waals surface area (Å²) in [7, 11) is 0. The molecule has 0 saturated carbocycles. The van der Waals surface area contributed by atoms with Crippen molar-refractivity contribution >= 4 is 11.7 Å². The van der Waals surface area contributed by atoms with Gasteiger partial charge >= 0.3 is 0 Å². The Bertz CT molecular complexity index is 645. The Labute approximate surface area is 118 Å². The molecule has 20 heavy (non-hydrogen) atoms. The van der Waals surface area contributed by atoms with Crippen molar-refractivity contribution in [3.05, 3.63) is 47.2 Å². The lowest BCUT2D eigenvalue weighted by Crippen LogP contribution is -2.17. The van der Waals surface area contributed by atoms with Crippen molar-refractivity contribution in [3.8, 4) is 0 Å². The van der Waals surface area contributed by atoms with E-state index in [0.717, 1.165) is 18.9 Å². The predicted octanol–water partition coefficient (Wildman–Crippen LogP) is 2.32. The Balaban J connectivity index is 1.81. The minimum absolute atomic E-state index is 0.0953. The first-order chi connectivity index (χ1) is 9.65. The summed E-state index contributed by atoms with van der Waals surface area (Å²) in [4.78, 5) is 12.3. The van der Waals surface area contributed by atoms with Gasteiger partial charge < -0.3 is 10.6 Å². The van der Waals surface area contributed by atoms with Crippen molar-refractivity contribution in [2.75, 3.05) is 5.32 Å². The molecule has 0 aliphatic carbocycles. The normalized spacial score (nSPS) is 13.6. The van der Waals surface area contributed by atoms with Crippen LogP contribution in [0.15, 0.2) is 30.5 Å². The topological polar surface area (TPSA) is 59.0 Å². The van der Waals surface area contributed by atoms with Crippen molar-refractivity contribution in [3.63, 3.8) is 0 Å². The quantitative estimate of drug-likeness (QED) is 0.900. The SMILES string of the molecule is CC(C)n1nccc1NC(=O)c1ccc2c(c1)CNC2. The molecular weight excluding hydrogens is 252 g/mol. The molecule has 0 saturated heterocycles. The van der Waals surface area contributed by atoms with Crippen LogP contribution in [0, 0.1) is 0 Å². The van der Waals surface area contributed by atoms with Gasteiger partial charge in [0.15, 0.2) is 0 Å². The zero-order valence-electron chi connectivity index (χ0n) is 11.7. The highest BCUT2D eigenvalue weighted by Gasteiger charge is 2.15. The summed E-state index contributed by atoms with van der Waals surface area (Å²) in [6.45, 7) is 5.78. The van der Waals surface area contributed by atoms with Crippen LogP contribution in [0.4, 0.5) is 5.82 Å². The molecule has 3 rings (SSSR count). The first-order valence-electron chi connectivity index (χ1n) is 6.82. The number of aromatic nitrogens is 2. The lowest BCUT2D eigenvalue weighted by Gasteiger charge is -2.12. The molecule has 2 heterocycles. The molecule has 0 fully saturated rings. The van der Waals surface area contributed by atoms with E-state index in [9.17, 15) is 4.79 Å². The molecule has 1 amide bonds. The summed E-state index contributed by atoms with van der Waals surface area (Å²) in [6.07, 6.45) is 1.70. The maximum atomic E-state index is 12.3. The summed E-state index contributed by atoms with van der Waals surface area (Å²) in [6, 6.07) is 7.87. The zero-order valence-corrected chi connectivity index (χ0v) is 11.7. The third kappa shape index (κ3) is 2.32. The number of carbonyl (C=O) groups excluding carboxylic acids is 1. The fourth-order valence-corrected chi connectivity index (χ4v) is 2.45. The van der Waals surface area contributed by atoms with E-state index in [1.807, 2.05) is 38.1 Å². The lowest BCUT2D eigenvalue weighted by molar-refractivity contribution is 0.102. The summed E-state index contributed by atoms with van der Waals surface area (Å²) in [5.74, 6) is 0.630. The van der Waals surface area contributed by atoms with Gasteiger partial charge in [0.25, 0.3) is 5.91 Å². The standard InChI is InChI=1S/C15H18N4O/c1-10(2)19-14(5-6-17-19)18-15(20)11-3-4-12-8-16-9-13(12)7-11/h3-7,10,16H,8-9H2,1-2H3,(H,18,20). The highest BCUT2D eigenvalue weighted by molar-refractivity contribution is 6.04. The Morgan fingerprint density at radius 3 is 2.90 bits per heavy atom. The fraction of sp³-hybridized carbons (Fsp3) is 0.333. The average Bonchev–Trinajstić information content (AvgIpc) is 3.05. The number of hydrogen-bond acceptors (Lipinski definition) is 3. The number of anilines is 1. The van der Waals surface area contributed by atoms with Gasteiger partial charge in [-0.3, -0.25) is 4.79 Å². The van der Waals surface area contributed by atoms with E-state index in [2.05, 4.69) is 15.7 Å². The van der Waals surface area contributed by atoms with Crippen LogP contribution in [-0.2, 0) is 13.1 Å². The van der Waals surface area contributed by atoms with Crippen LogP contribution < -0.4 is 10.6 Å². The summed E-state index contributed by atoms with van der Waals surface area (Å²) in [5, 5.41) is 10.4. The number of hydrogen-bond donors (Lipinski definition) is 2. The van der Waals surface area contributed by atoms with Gasteiger partial charge in [0.1, 0.15) is 5.82 Å². The fourth-order valence-electron chi connectivity index (χ4n) is 2.45. The first-order valence-corrected chi connectivity index (χ1v) is 6.82. The molecule has 1 aliphatic rings. The Morgan fingerprint density at radius 1 is 1.30 bits per heavy atom. The van der Waals surface area contributed by atoms with Crippen LogP contribution in [0.25, 0.3) is 0 Å². The number of fused-ring (bicyclic) bond motifs is 1. The van der Waals surface area contributed by atoms with Gasteiger partial charge in [-0.25, -0.2) is 4.68 Å². The van der Waals surface area contributed by atoms with Gasteiger partial charge in [-0.05, 0) is 37.1 Å². The number of nitrogens with zero attached hydrogens (tertiary/aromatic N) is 2. The molecule has 5 nitrogen and oxygen atoms in total. The van der Waals surface area contributed by atoms with Crippen LogP contribution >= 0.6 is 0 Å². The molecule has 0 bridgehead atoms. The van der Waals surface area contributed by atoms with Crippen LogP contribution in [0.3, 0.4) is 0 Å². The molecular formula is C15H18N4O. The summed E-state index contributed by atoms with van der Waals surface area (Å²) >= 11 is 0. The smallest absolute Gasteiger partial charge is 0.256 e. The first kappa shape index (κ1) is 12.9. The molecule has 1 aromatic carbocycles. The Morgan fingerprint density at radius 2 is 2.10 bits per heavy atom. The second-order valence-corrected chi connectivity index (χ2v) is 5.30. The molecule has 2 aromatic rings. The van der Waals surface area contributed by atoms with Crippen molar-refractivity contribution < 1.29 is 4.79 Å². The van der Waals surface area contributed by atoms with Crippen molar-refractivity contribution in [1.82, 2.24) is 15.1 Å². The van der Waals surface area contributed by atoms with Crippen LogP contribution in [-0.4, -0.2) is 15.7 Å². The van der Waals surface area contributed by atoms with E-state index in [1.165, 1.54) is 11.1 Å². The number of benzene rings is 1. The summed E-state index contributed by atoms with van der Waals surface area (Å²) < 4.78 is 1.80. The predicted molar refractivity (Wildman–Crippen MR) is 77.6 cm³/mol. The van der Waals surface area contributed by atoms with E-state index in [1.54, 1.807) is 10.9 Å². The highest BCUT2D eigenvalue weighted by atomic mass is 16.1. The molecule has 104 valence electrons. The van der Waals surface area contributed by atoms with Gasteiger partial charge in [0.2, 0.25) is 0 Å². The maximum Gasteiger partial charge on any atom is 0.256 e. The van der Waals surface area contributed by atoms with E-state index in [-0.39, 0.29) is 11.9 Å². The molecule has 2 N–H and O–H groups in total. The minimum Gasteiger partial charge on any atom is -0.309 e. The zero-order chi connectivity index (χ0) is 14.1. The number of rotatable bonds is 3. The largest absolute Gasteiger partial charge is 0.309 e. The van der Waals surface area contributed by atoms with Crippen LogP contribution in [0.2, 0.25) is 0 Å². The molecule has 0 atom stereocenters. The van der Waals surface area contributed by atoms with Crippen LogP contribution in [0.1, 0.15) is 41.4 Å². The molecule has 0 radical (unpaired) electrons. The average molecular weight is 270 g/mol. The summed E-state index contributed by atoms with van der Waals surface area (Å²) in [5.41, 5.74) is 3.16. The third-order valence-electron chi connectivity index (χ3n) is 3.50. The van der Waals surface area contributed by atoms with E-state index >= 15 is 0 Å². The Kier molecular flexibility index (Phi) is 3.28. The van der Waals surface area contributed by atoms with Crippen molar-refractivity contribution in [2.24, 2.45) is 0 Å². The third-order valence-corrected chi connectivity index (χ3v) is 3.50. The van der Waals surface area contributed by atoms with E-state index < -0.39 is 0 Å². The van der Waals surface area contributed by atoms with Crippen molar-refractivity contribution in [1.29, 1.82) is 0 Å². The van der Waals surface area contributed by atoms with Crippen LogP contribution in [0.5, 0.6) is 0 Å². The number of amides is 1. The second-order valence-electron chi connectivity index (χ2n) is 5.30. The minimum atomic E-state index is -0.0953. The lowest BCUT2D eigenvalue weighted by atomic mass is 10.1. The Hall–Kier alpha value is -2.14. The molecule has 0 spiro atoms. The van der Waals surface area contributed by atoms with Gasteiger partial charge in [-0.15, -0.1) is 0 Å². The highest BCUT2D eigenvalue weighted by Crippen LogP contribution is 2.19. The van der Waals surface area contributed by atoms with E-state index in [0.29, 0.717) is 5.56 Å². The van der Waals surface area contributed by atoms with Gasteiger partial charge in [-0.2, -0.15) is 5.10 Å². The molecule has 1 aliphatic heterocycles. The van der Waals surface area contributed by atoms with E-state index in [4.69, 9.17) is 0 Å². The molecule has 1 aromatic heterocycles. The molecule has 5 heteroatoms. The van der Waals surface area contributed by atoms with Gasteiger partial charge in [-0.1, -0.05) is 6.07 Å². The molecule has 0 unspecified atom stereocenters. The van der Waals surface area contributed by atoms with Gasteiger partial charge in [0, 0.05) is 30.8 Å².